The number of benzene rings is 1. The van der Waals surface area contributed by atoms with E-state index in [0.717, 1.165) is 12.8 Å². The van der Waals surface area contributed by atoms with Gasteiger partial charge in [-0.3, -0.25) is 9.59 Å². The number of hydrogen-bond donors (Lipinski definition) is 1. The number of piperidine rings is 1. The highest BCUT2D eigenvalue weighted by molar-refractivity contribution is 6.35. The van der Waals surface area contributed by atoms with Crippen molar-refractivity contribution in [2.45, 2.75) is 31.7 Å². The van der Waals surface area contributed by atoms with Crippen molar-refractivity contribution in [1.29, 1.82) is 0 Å². The molecule has 0 aromatic heterocycles. The van der Waals surface area contributed by atoms with Gasteiger partial charge in [0.05, 0.1) is 5.02 Å². The molecule has 1 aliphatic rings. The highest BCUT2D eigenvalue weighted by Gasteiger charge is 2.23. The van der Waals surface area contributed by atoms with Crippen molar-refractivity contribution in [3.05, 3.63) is 28.2 Å². The predicted molar refractivity (Wildman–Crippen MR) is 99.7 cm³/mol. The van der Waals surface area contributed by atoms with Gasteiger partial charge >= 0.3 is 0 Å². The highest BCUT2D eigenvalue weighted by atomic mass is 35.5. The third-order valence-corrected chi connectivity index (χ3v) is 4.79. The number of rotatable bonds is 7. The standard InChI is InChI=1S/C17H21Cl3N2O3/c18-7-1-2-17(24)22-8-5-13(6-9-22)21-16(23)11-25-15-4-3-12(19)10-14(15)20/h3-4,10,13H,1-2,5-9,11H2,(H,21,23). The zero-order chi connectivity index (χ0) is 18.2. The Kier molecular flexibility index (Phi) is 8.13. The molecule has 0 saturated carbocycles. The number of nitrogens with one attached hydrogen (secondary N) is 1. The maximum Gasteiger partial charge on any atom is 0.258 e. The number of alkyl halides is 1. The van der Waals surface area contributed by atoms with E-state index in [9.17, 15) is 9.59 Å². The lowest BCUT2D eigenvalue weighted by Crippen LogP contribution is -2.47. The Bertz CT molecular complexity index is 605. The van der Waals surface area contributed by atoms with Crippen LogP contribution in [-0.4, -0.2) is 48.3 Å². The Labute approximate surface area is 162 Å². The molecule has 138 valence electrons. The Morgan fingerprint density at radius 2 is 1.96 bits per heavy atom. The molecule has 8 heteroatoms. The molecule has 1 saturated heterocycles. The summed E-state index contributed by atoms with van der Waals surface area (Å²) in [6, 6.07) is 4.89. The number of halogens is 3. The van der Waals surface area contributed by atoms with Gasteiger partial charge in [0.15, 0.2) is 6.61 Å². The van der Waals surface area contributed by atoms with Crippen LogP contribution in [0.5, 0.6) is 5.75 Å². The van der Waals surface area contributed by atoms with Crippen molar-refractivity contribution in [1.82, 2.24) is 10.2 Å². The van der Waals surface area contributed by atoms with Gasteiger partial charge in [-0.1, -0.05) is 23.2 Å². The molecule has 25 heavy (non-hydrogen) atoms. The summed E-state index contributed by atoms with van der Waals surface area (Å²) in [6.07, 6.45) is 2.65. The molecular weight excluding hydrogens is 387 g/mol. The Morgan fingerprint density at radius 3 is 2.60 bits per heavy atom. The van der Waals surface area contributed by atoms with Crippen LogP contribution in [0.15, 0.2) is 18.2 Å². The average Bonchev–Trinajstić information content (AvgIpc) is 2.59. The number of carbonyl (C=O) groups is 2. The molecule has 1 N–H and O–H groups in total. The van der Waals surface area contributed by atoms with Crippen molar-refractivity contribution in [2.24, 2.45) is 0 Å². The van der Waals surface area contributed by atoms with E-state index >= 15 is 0 Å². The third-order valence-electron chi connectivity index (χ3n) is 3.99. The number of ether oxygens (including phenoxy) is 1. The monoisotopic (exact) mass is 406 g/mol. The molecule has 1 fully saturated rings. The van der Waals surface area contributed by atoms with Gasteiger partial charge in [0, 0.05) is 36.5 Å². The van der Waals surface area contributed by atoms with E-state index in [4.69, 9.17) is 39.5 Å². The van der Waals surface area contributed by atoms with Crippen molar-refractivity contribution >= 4 is 46.6 Å². The van der Waals surface area contributed by atoms with Crippen LogP contribution in [0.1, 0.15) is 25.7 Å². The molecule has 0 aliphatic carbocycles. The first kappa shape index (κ1) is 20.1. The number of carbonyl (C=O) groups excluding carboxylic acids is 2. The first-order valence-electron chi connectivity index (χ1n) is 8.20. The molecule has 2 rings (SSSR count). The molecule has 0 spiro atoms. The minimum atomic E-state index is -0.210. The molecule has 1 aromatic carbocycles. The molecule has 0 bridgehead atoms. The first-order valence-corrected chi connectivity index (χ1v) is 9.49. The smallest absolute Gasteiger partial charge is 0.258 e. The first-order chi connectivity index (χ1) is 12.0. The highest BCUT2D eigenvalue weighted by Crippen LogP contribution is 2.27. The minimum Gasteiger partial charge on any atom is -0.482 e. The summed E-state index contributed by atoms with van der Waals surface area (Å²) in [6.45, 7) is 1.18. The lowest BCUT2D eigenvalue weighted by molar-refractivity contribution is -0.132. The van der Waals surface area contributed by atoms with Crippen molar-refractivity contribution in [3.63, 3.8) is 0 Å². The van der Waals surface area contributed by atoms with Gasteiger partial charge in [0.1, 0.15) is 5.75 Å². The predicted octanol–water partition coefficient (Wildman–Crippen LogP) is 3.50. The molecule has 1 aromatic rings. The summed E-state index contributed by atoms with van der Waals surface area (Å²) in [5, 5.41) is 3.80. The zero-order valence-corrected chi connectivity index (χ0v) is 16.0. The lowest BCUT2D eigenvalue weighted by Gasteiger charge is -2.32. The van der Waals surface area contributed by atoms with E-state index in [1.165, 1.54) is 0 Å². The third kappa shape index (κ3) is 6.57. The van der Waals surface area contributed by atoms with Crippen LogP contribution in [-0.2, 0) is 9.59 Å². The maximum absolute atomic E-state index is 12.0. The molecular formula is C17H21Cl3N2O3. The van der Waals surface area contributed by atoms with Crippen LogP contribution in [0.4, 0.5) is 0 Å². The molecule has 0 unspecified atom stereocenters. The van der Waals surface area contributed by atoms with Gasteiger partial charge in [-0.25, -0.2) is 0 Å². The Hall–Kier alpha value is -1.17. The maximum atomic E-state index is 12.0. The van der Waals surface area contributed by atoms with Crippen molar-refractivity contribution < 1.29 is 14.3 Å². The van der Waals surface area contributed by atoms with Crippen molar-refractivity contribution in [2.75, 3.05) is 25.6 Å². The molecule has 1 heterocycles. The normalized spacial score (nSPS) is 15.1. The summed E-state index contributed by atoms with van der Waals surface area (Å²) in [7, 11) is 0. The second-order valence-corrected chi connectivity index (χ2v) is 7.10. The lowest BCUT2D eigenvalue weighted by atomic mass is 10.0. The van der Waals surface area contributed by atoms with Gasteiger partial charge in [-0.05, 0) is 37.5 Å². The Morgan fingerprint density at radius 1 is 1.24 bits per heavy atom. The van der Waals surface area contributed by atoms with E-state index in [2.05, 4.69) is 5.32 Å². The fourth-order valence-corrected chi connectivity index (χ4v) is 3.25. The van der Waals surface area contributed by atoms with Crippen LogP contribution in [0, 0.1) is 0 Å². The zero-order valence-electron chi connectivity index (χ0n) is 13.8. The summed E-state index contributed by atoms with van der Waals surface area (Å²) in [5.41, 5.74) is 0. The Balaban J connectivity index is 1.70. The summed E-state index contributed by atoms with van der Waals surface area (Å²) < 4.78 is 5.42. The van der Waals surface area contributed by atoms with Crippen LogP contribution in [0.3, 0.4) is 0 Å². The molecule has 1 aliphatic heterocycles. The van der Waals surface area contributed by atoms with Crippen LogP contribution >= 0.6 is 34.8 Å². The van der Waals surface area contributed by atoms with Gasteiger partial charge in [-0.15, -0.1) is 11.6 Å². The molecule has 2 amide bonds. The van der Waals surface area contributed by atoms with Crippen LogP contribution in [0.25, 0.3) is 0 Å². The van der Waals surface area contributed by atoms with Gasteiger partial charge in [0.25, 0.3) is 5.91 Å². The van der Waals surface area contributed by atoms with E-state index in [-0.39, 0.29) is 24.5 Å². The van der Waals surface area contributed by atoms with E-state index in [1.54, 1.807) is 18.2 Å². The fourth-order valence-electron chi connectivity index (χ4n) is 2.65. The van der Waals surface area contributed by atoms with Crippen LogP contribution in [0.2, 0.25) is 10.0 Å². The second kappa shape index (κ2) is 10.1. The van der Waals surface area contributed by atoms with Crippen molar-refractivity contribution in [3.8, 4) is 5.75 Å². The van der Waals surface area contributed by atoms with Gasteiger partial charge in [-0.2, -0.15) is 0 Å². The summed E-state index contributed by atoms with van der Waals surface area (Å²) >= 11 is 17.4. The largest absolute Gasteiger partial charge is 0.482 e. The summed E-state index contributed by atoms with van der Waals surface area (Å²) in [5.74, 6) is 0.834. The quantitative estimate of drug-likeness (QED) is 0.704. The molecule has 0 radical (unpaired) electrons. The summed E-state index contributed by atoms with van der Waals surface area (Å²) in [4.78, 5) is 25.8. The number of nitrogens with zero attached hydrogens (tertiary/aromatic N) is 1. The van der Waals surface area contributed by atoms with Gasteiger partial charge in [0.2, 0.25) is 5.91 Å². The number of amides is 2. The van der Waals surface area contributed by atoms with E-state index in [0.29, 0.717) is 47.6 Å². The fraction of sp³-hybridized carbons (Fsp3) is 0.529. The topological polar surface area (TPSA) is 58.6 Å². The number of likely N-dealkylation sites (tertiary alicyclic amines) is 1. The molecule has 5 nitrogen and oxygen atoms in total. The van der Waals surface area contributed by atoms with Crippen LogP contribution < -0.4 is 10.1 Å². The van der Waals surface area contributed by atoms with E-state index < -0.39 is 0 Å². The minimum absolute atomic E-state index is 0.0499. The van der Waals surface area contributed by atoms with Gasteiger partial charge < -0.3 is 15.0 Å². The average molecular weight is 408 g/mol. The SMILES string of the molecule is O=C(COc1ccc(Cl)cc1Cl)NC1CCN(C(=O)CCCCl)CC1. The second-order valence-electron chi connectivity index (χ2n) is 5.88. The van der Waals surface area contributed by atoms with E-state index in [1.807, 2.05) is 4.90 Å². The molecule has 0 atom stereocenters. The number of hydrogen-bond acceptors (Lipinski definition) is 3.